The number of hydrogen-bond acceptors (Lipinski definition) is 3. The van der Waals surface area contributed by atoms with Gasteiger partial charge in [-0.1, -0.05) is 0 Å². The summed E-state index contributed by atoms with van der Waals surface area (Å²) in [5.74, 6) is -0.0472. The van der Waals surface area contributed by atoms with Crippen LogP contribution in [0, 0.1) is 5.92 Å². The first kappa shape index (κ1) is 12.5. The molecular weight excluding hydrogens is 202 g/mol. The molecule has 1 atom stereocenters. The van der Waals surface area contributed by atoms with E-state index in [1.165, 1.54) is 0 Å². The number of nitrogens with zero attached hydrogens (tertiary/aromatic N) is 2. The quantitative estimate of drug-likeness (QED) is 0.782. The molecule has 1 amide bonds. The van der Waals surface area contributed by atoms with E-state index in [0.717, 1.165) is 18.8 Å². The minimum atomic E-state index is -0.181. The third-order valence-electron chi connectivity index (χ3n) is 2.64. The molecular formula is C12H19N3O. The lowest BCUT2D eigenvalue weighted by Crippen LogP contribution is -2.37. The molecule has 0 fully saturated rings. The highest BCUT2D eigenvalue weighted by atomic mass is 16.2. The number of aliphatic imine (C=N–C) groups is 1. The van der Waals surface area contributed by atoms with E-state index in [9.17, 15) is 4.79 Å². The SMILES string of the molecule is CCN(CC)C(=O)C(C)C1=CN=CC=CN1. The van der Waals surface area contributed by atoms with Crippen molar-refractivity contribution in [3.05, 3.63) is 24.2 Å². The van der Waals surface area contributed by atoms with E-state index in [1.54, 1.807) is 24.7 Å². The standard InChI is InChI=1S/C12H19N3O/c1-4-15(5-2)12(16)10(3)11-9-13-7-6-8-14-11/h6-10,14H,4-5H2,1-3H3. The van der Waals surface area contributed by atoms with Crippen LogP contribution >= 0.6 is 0 Å². The summed E-state index contributed by atoms with van der Waals surface area (Å²) in [7, 11) is 0. The first-order chi connectivity index (χ1) is 7.70. The van der Waals surface area contributed by atoms with Crippen molar-refractivity contribution in [3.8, 4) is 0 Å². The number of carbonyl (C=O) groups excluding carboxylic acids is 1. The Morgan fingerprint density at radius 1 is 1.50 bits per heavy atom. The van der Waals surface area contributed by atoms with Crippen LogP contribution in [0.3, 0.4) is 0 Å². The predicted octanol–water partition coefficient (Wildman–Crippen LogP) is 1.52. The van der Waals surface area contributed by atoms with Crippen molar-refractivity contribution in [2.24, 2.45) is 10.9 Å². The summed E-state index contributed by atoms with van der Waals surface area (Å²) in [5, 5.41) is 3.07. The topological polar surface area (TPSA) is 44.7 Å². The maximum Gasteiger partial charge on any atom is 0.231 e. The van der Waals surface area contributed by atoms with Gasteiger partial charge in [0.2, 0.25) is 5.91 Å². The van der Waals surface area contributed by atoms with Crippen LogP contribution < -0.4 is 5.32 Å². The number of carbonyl (C=O) groups is 1. The van der Waals surface area contributed by atoms with Gasteiger partial charge in [-0.3, -0.25) is 9.79 Å². The van der Waals surface area contributed by atoms with Gasteiger partial charge in [-0.25, -0.2) is 0 Å². The van der Waals surface area contributed by atoms with E-state index in [2.05, 4.69) is 10.3 Å². The molecule has 0 bridgehead atoms. The zero-order valence-electron chi connectivity index (χ0n) is 10.1. The lowest BCUT2D eigenvalue weighted by atomic mass is 10.1. The fraction of sp³-hybridized carbons (Fsp3) is 0.500. The second kappa shape index (κ2) is 6.10. The van der Waals surface area contributed by atoms with Gasteiger partial charge in [-0.05, 0) is 26.8 Å². The molecule has 0 aromatic rings. The number of rotatable bonds is 4. The fourth-order valence-electron chi connectivity index (χ4n) is 1.58. The van der Waals surface area contributed by atoms with Crippen LogP contribution in [0.5, 0.6) is 0 Å². The molecule has 0 aliphatic carbocycles. The average molecular weight is 221 g/mol. The summed E-state index contributed by atoms with van der Waals surface area (Å²) >= 11 is 0. The molecule has 0 spiro atoms. The van der Waals surface area contributed by atoms with Crippen LogP contribution in [0.15, 0.2) is 29.2 Å². The Hall–Kier alpha value is -1.58. The molecule has 0 saturated heterocycles. The third kappa shape index (κ3) is 2.95. The van der Waals surface area contributed by atoms with E-state index >= 15 is 0 Å². The van der Waals surface area contributed by atoms with Gasteiger partial charge in [-0.2, -0.15) is 0 Å². The Labute approximate surface area is 96.7 Å². The summed E-state index contributed by atoms with van der Waals surface area (Å²) in [4.78, 5) is 18.0. The maximum atomic E-state index is 12.1. The van der Waals surface area contributed by atoms with Gasteiger partial charge in [0.15, 0.2) is 0 Å². The monoisotopic (exact) mass is 221 g/mol. The van der Waals surface area contributed by atoms with E-state index in [1.807, 2.05) is 25.7 Å². The van der Waals surface area contributed by atoms with Gasteiger partial charge in [-0.15, -0.1) is 0 Å². The molecule has 1 heterocycles. The highest BCUT2D eigenvalue weighted by Crippen LogP contribution is 2.12. The van der Waals surface area contributed by atoms with Crippen LogP contribution in [0.2, 0.25) is 0 Å². The average Bonchev–Trinajstić information content (AvgIpc) is 2.58. The highest BCUT2D eigenvalue weighted by Gasteiger charge is 2.21. The van der Waals surface area contributed by atoms with Crippen molar-refractivity contribution in [1.29, 1.82) is 0 Å². The number of amides is 1. The summed E-state index contributed by atoms with van der Waals surface area (Å²) in [6.07, 6.45) is 6.98. The summed E-state index contributed by atoms with van der Waals surface area (Å²) in [6, 6.07) is 0. The molecule has 1 rings (SSSR count). The number of allylic oxidation sites excluding steroid dienone is 1. The van der Waals surface area contributed by atoms with Crippen molar-refractivity contribution in [3.63, 3.8) is 0 Å². The summed E-state index contributed by atoms with van der Waals surface area (Å²) < 4.78 is 0. The van der Waals surface area contributed by atoms with Gasteiger partial charge in [0.25, 0.3) is 0 Å². The lowest BCUT2D eigenvalue weighted by molar-refractivity contribution is -0.133. The van der Waals surface area contributed by atoms with Crippen molar-refractivity contribution in [1.82, 2.24) is 10.2 Å². The van der Waals surface area contributed by atoms with E-state index < -0.39 is 0 Å². The maximum absolute atomic E-state index is 12.1. The molecule has 0 saturated carbocycles. The molecule has 0 radical (unpaired) electrons. The largest absolute Gasteiger partial charge is 0.363 e. The Bertz CT molecular complexity index is 327. The highest BCUT2D eigenvalue weighted by molar-refractivity contribution is 5.81. The molecule has 4 heteroatoms. The van der Waals surface area contributed by atoms with Crippen molar-refractivity contribution < 1.29 is 4.79 Å². The second-order valence-electron chi connectivity index (χ2n) is 3.62. The zero-order valence-corrected chi connectivity index (χ0v) is 10.1. The number of nitrogens with one attached hydrogen (secondary N) is 1. The zero-order chi connectivity index (χ0) is 12.0. The van der Waals surface area contributed by atoms with Crippen molar-refractivity contribution in [2.45, 2.75) is 20.8 Å². The predicted molar refractivity (Wildman–Crippen MR) is 65.9 cm³/mol. The molecule has 1 N–H and O–H groups in total. The van der Waals surface area contributed by atoms with Gasteiger partial charge >= 0.3 is 0 Å². The van der Waals surface area contributed by atoms with E-state index in [-0.39, 0.29) is 11.8 Å². The molecule has 1 aliphatic heterocycles. The first-order valence-electron chi connectivity index (χ1n) is 5.64. The third-order valence-corrected chi connectivity index (χ3v) is 2.64. The first-order valence-corrected chi connectivity index (χ1v) is 5.64. The minimum absolute atomic E-state index is 0.134. The van der Waals surface area contributed by atoms with Crippen LogP contribution in [0.1, 0.15) is 20.8 Å². The minimum Gasteiger partial charge on any atom is -0.363 e. The summed E-state index contributed by atoms with van der Waals surface area (Å²) in [6.45, 7) is 7.36. The molecule has 0 aromatic carbocycles. The molecule has 88 valence electrons. The van der Waals surface area contributed by atoms with Crippen molar-refractivity contribution >= 4 is 12.1 Å². The molecule has 16 heavy (non-hydrogen) atoms. The van der Waals surface area contributed by atoms with E-state index in [0.29, 0.717) is 0 Å². The number of hydrogen-bond donors (Lipinski definition) is 1. The summed E-state index contributed by atoms with van der Waals surface area (Å²) in [5.41, 5.74) is 0.835. The van der Waals surface area contributed by atoms with Gasteiger partial charge in [0.05, 0.1) is 5.92 Å². The van der Waals surface area contributed by atoms with Crippen LogP contribution in [-0.4, -0.2) is 30.1 Å². The normalized spacial score (nSPS) is 16.1. The molecule has 4 nitrogen and oxygen atoms in total. The van der Waals surface area contributed by atoms with Crippen molar-refractivity contribution in [2.75, 3.05) is 13.1 Å². The molecule has 1 aliphatic rings. The molecule has 0 aromatic heterocycles. The van der Waals surface area contributed by atoms with Gasteiger partial charge in [0, 0.05) is 37.4 Å². The Morgan fingerprint density at radius 2 is 2.19 bits per heavy atom. The van der Waals surface area contributed by atoms with Crippen LogP contribution in [0.4, 0.5) is 0 Å². The molecule has 1 unspecified atom stereocenters. The van der Waals surface area contributed by atoms with E-state index in [4.69, 9.17) is 0 Å². The smallest absolute Gasteiger partial charge is 0.231 e. The Balaban J connectivity index is 2.73. The van der Waals surface area contributed by atoms with Crippen LogP contribution in [-0.2, 0) is 4.79 Å². The van der Waals surface area contributed by atoms with Gasteiger partial charge < -0.3 is 10.2 Å². The lowest BCUT2D eigenvalue weighted by Gasteiger charge is -2.24. The van der Waals surface area contributed by atoms with Gasteiger partial charge in [0.1, 0.15) is 0 Å². The Kier molecular flexibility index (Phi) is 4.76. The fourth-order valence-corrected chi connectivity index (χ4v) is 1.58. The second-order valence-corrected chi connectivity index (χ2v) is 3.62. The Morgan fingerprint density at radius 3 is 2.81 bits per heavy atom. The van der Waals surface area contributed by atoms with Crippen LogP contribution in [0.25, 0.3) is 0 Å².